The predicted octanol–water partition coefficient (Wildman–Crippen LogP) is 2.86. The number of ether oxygens (including phenoxy) is 4. The van der Waals surface area contributed by atoms with Crippen LogP contribution in [0.5, 0.6) is 0 Å². The van der Waals surface area contributed by atoms with Crippen LogP contribution in [0.3, 0.4) is 0 Å². The Morgan fingerprint density at radius 3 is 1.32 bits per heavy atom. The molecule has 12 nitrogen and oxygen atoms in total. The molecule has 14 heteroatoms. The molecule has 2 radical (unpaired) electrons. The summed E-state index contributed by atoms with van der Waals surface area (Å²) in [6, 6.07) is 6.85. The van der Waals surface area contributed by atoms with E-state index in [1.54, 1.807) is 38.5 Å². The third kappa shape index (κ3) is 21.6. The molecule has 0 atom stereocenters. The molecule has 0 aliphatic carbocycles. The fourth-order valence-corrected chi connectivity index (χ4v) is 2.83. The molecule has 0 aliphatic rings. The van der Waals surface area contributed by atoms with Crippen molar-refractivity contribution in [1.29, 1.82) is 0 Å². The van der Waals surface area contributed by atoms with Gasteiger partial charge in [0.25, 0.3) is 0 Å². The van der Waals surface area contributed by atoms with Gasteiger partial charge in [-0.25, -0.2) is 19.6 Å². The fraction of sp³-hybridized carbons (Fsp3) is 0.467. The molecule has 0 bridgehead atoms. The monoisotopic (exact) mass is 768 g/mol. The van der Waals surface area contributed by atoms with Crippen LogP contribution in [0.2, 0.25) is 0 Å². The summed E-state index contributed by atoms with van der Waals surface area (Å²) in [5.41, 5.74) is 5.73. The van der Waals surface area contributed by atoms with Crippen molar-refractivity contribution in [2.24, 2.45) is 5.73 Å². The van der Waals surface area contributed by atoms with Crippen LogP contribution in [0.1, 0.15) is 34.6 Å². The summed E-state index contributed by atoms with van der Waals surface area (Å²) in [6.07, 6.45) is 2.86. The molecule has 2 aromatic heterocycles. The number of nitrogens with one attached hydrogen (secondary N) is 1. The normalized spacial score (nSPS) is 9.27. The largest absolute Gasteiger partial charge is 0.465 e. The molecule has 0 spiro atoms. The number of nitrogens with two attached hydrogens (primary N) is 1. The molecular weight excluding hydrogens is 718 g/mol. The number of pyridine rings is 2. The Bertz CT molecular complexity index is 863. The summed E-state index contributed by atoms with van der Waals surface area (Å²) in [5, 5.41) is 3.10. The zero-order valence-corrected chi connectivity index (χ0v) is 33.0. The van der Waals surface area contributed by atoms with Gasteiger partial charge in [0.1, 0.15) is 11.6 Å². The maximum absolute atomic E-state index is 11.1. The smallest absolute Gasteiger partial charge is 0.339 e. The van der Waals surface area contributed by atoms with Gasteiger partial charge in [0.05, 0.1) is 25.3 Å². The molecule has 2 heterocycles. The third-order valence-corrected chi connectivity index (χ3v) is 5.15. The van der Waals surface area contributed by atoms with Crippen molar-refractivity contribution >= 4 is 23.6 Å². The molecule has 0 amide bonds. The molecule has 3 N–H and O–H groups in total. The van der Waals surface area contributed by atoms with Gasteiger partial charge in [0.15, 0.2) is 6.29 Å². The zero-order valence-electron chi connectivity index (χ0n) is 27.3. The van der Waals surface area contributed by atoms with E-state index in [0.717, 1.165) is 31.3 Å². The number of esters is 2. The number of nitrogens with zero attached hydrogens (tertiary/aromatic N) is 4. The second kappa shape index (κ2) is 33.3. The maximum atomic E-state index is 11.1. The Morgan fingerprint density at radius 2 is 1.11 bits per heavy atom. The molecule has 44 heavy (non-hydrogen) atoms. The molecular formula is C30H50N6O6Y2-4. The first-order valence-electron chi connectivity index (χ1n) is 13.4. The number of rotatable bonds is 13. The molecule has 0 aliphatic heterocycles. The minimum atomic E-state index is -0.384. The average Bonchev–Trinajstić information content (AvgIpc) is 3.03. The Labute approximate surface area is 315 Å². The van der Waals surface area contributed by atoms with E-state index in [1.807, 2.05) is 23.6 Å². The fourth-order valence-electron chi connectivity index (χ4n) is 2.83. The standard InChI is InChI=1S/2C11H14N2O2.C6H15NO2.C2H7N.2Y/c2*1-4-13(5-2)10-7-6-9(8-12-10)11(14)15-3;1-4-7-5-6(8-2)9-3;1-2-3;;/h2*6-8H,1-2,4-5H2,3H3;6-7H,4-5H2,1-3H3;2-3H2,1H3;;/q2*-2;;;;. The molecule has 2 aromatic rings. The first-order chi connectivity index (χ1) is 20.2. The van der Waals surface area contributed by atoms with Crippen LogP contribution in [0, 0.1) is 27.7 Å². The van der Waals surface area contributed by atoms with Gasteiger partial charge in [0, 0.05) is 98.6 Å². The number of carbonyl (C=O) groups excluding carboxylic acids is 2. The second-order valence-corrected chi connectivity index (χ2v) is 7.88. The van der Waals surface area contributed by atoms with E-state index in [1.165, 1.54) is 26.6 Å². The summed E-state index contributed by atoms with van der Waals surface area (Å²) >= 11 is 0. The van der Waals surface area contributed by atoms with Crippen LogP contribution in [-0.2, 0) is 84.4 Å². The van der Waals surface area contributed by atoms with Crippen molar-refractivity contribution in [1.82, 2.24) is 15.3 Å². The summed E-state index contributed by atoms with van der Waals surface area (Å²) in [7, 11) is 5.94. The van der Waals surface area contributed by atoms with Crippen LogP contribution >= 0.6 is 0 Å². The van der Waals surface area contributed by atoms with Crippen molar-refractivity contribution < 1.29 is 94.0 Å². The average molecular weight is 769 g/mol. The van der Waals surface area contributed by atoms with Gasteiger partial charge >= 0.3 is 11.9 Å². The SMILES string of the molecule is CCN.CCNCC(OC)OC.[CH2-]CN(C[CH2-])c1ccc(C(=O)OC)cn1.[CH2-]CN(C[CH2-])c1ccc(C(=O)OC)cn1.[Y].[Y]. The van der Waals surface area contributed by atoms with E-state index in [4.69, 9.17) is 15.2 Å². The summed E-state index contributed by atoms with van der Waals surface area (Å²) in [4.78, 5) is 34.3. The van der Waals surface area contributed by atoms with Crippen LogP contribution in [-0.4, -0.2) is 102 Å². The van der Waals surface area contributed by atoms with Crippen molar-refractivity contribution in [3.8, 4) is 0 Å². The van der Waals surface area contributed by atoms with E-state index in [-0.39, 0.29) is 83.6 Å². The first-order valence-corrected chi connectivity index (χ1v) is 13.4. The summed E-state index contributed by atoms with van der Waals surface area (Å²) in [6.45, 7) is 23.8. The number of hydrogen-bond donors (Lipinski definition) is 2. The minimum absolute atomic E-state index is 0. The van der Waals surface area contributed by atoms with Crippen LogP contribution in [0.4, 0.5) is 11.6 Å². The van der Waals surface area contributed by atoms with Gasteiger partial charge < -0.3 is 67.5 Å². The molecule has 0 saturated carbocycles. The van der Waals surface area contributed by atoms with Gasteiger partial charge in [-0.15, -0.1) is 26.2 Å². The molecule has 0 aromatic carbocycles. The van der Waals surface area contributed by atoms with Crippen LogP contribution in [0.25, 0.3) is 0 Å². The Balaban J connectivity index is -0.000000262. The topological polar surface area (TPSA) is 141 Å². The number of hydrogen-bond acceptors (Lipinski definition) is 12. The Morgan fingerprint density at radius 1 is 0.773 bits per heavy atom. The van der Waals surface area contributed by atoms with Crippen molar-refractivity contribution in [2.45, 2.75) is 20.1 Å². The van der Waals surface area contributed by atoms with Gasteiger partial charge in [-0.1, -0.05) is 13.8 Å². The Kier molecular flexibility index (Phi) is 37.6. The van der Waals surface area contributed by atoms with E-state index < -0.39 is 0 Å². The van der Waals surface area contributed by atoms with Crippen molar-refractivity contribution in [2.75, 3.05) is 84.1 Å². The molecule has 0 fully saturated rings. The number of aromatic nitrogens is 2. The van der Waals surface area contributed by atoms with Gasteiger partial charge in [0.2, 0.25) is 0 Å². The van der Waals surface area contributed by atoms with Crippen LogP contribution in [0.15, 0.2) is 36.7 Å². The molecule has 246 valence electrons. The molecule has 0 unspecified atom stereocenters. The number of carbonyl (C=O) groups is 2. The number of likely N-dealkylation sites (N-methyl/N-ethyl adjacent to an activating group) is 1. The first kappa shape index (κ1) is 49.8. The minimum Gasteiger partial charge on any atom is -0.465 e. The van der Waals surface area contributed by atoms with Crippen LogP contribution < -0.4 is 20.9 Å². The second-order valence-electron chi connectivity index (χ2n) is 7.88. The van der Waals surface area contributed by atoms with Crippen molar-refractivity contribution in [3.05, 3.63) is 75.5 Å². The van der Waals surface area contributed by atoms with Gasteiger partial charge in [-0.2, -0.15) is 0 Å². The maximum Gasteiger partial charge on any atom is 0.339 e. The third-order valence-electron chi connectivity index (χ3n) is 5.15. The molecule has 2 rings (SSSR count). The van der Waals surface area contributed by atoms with Gasteiger partial charge in [-0.05, 0) is 37.4 Å². The number of anilines is 2. The number of methoxy groups -OCH3 is 4. The van der Waals surface area contributed by atoms with E-state index in [9.17, 15) is 9.59 Å². The predicted molar refractivity (Wildman–Crippen MR) is 168 cm³/mol. The summed E-state index contributed by atoms with van der Waals surface area (Å²) < 4.78 is 19.0. The quantitative estimate of drug-likeness (QED) is 0.176. The van der Waals surface area contributed by atoms with E-state index >= 15 is 0 Å². The van der Waals surface area contributed by atoms with Crippen molar-refractivity contribution in [3.63, 3.8) is 0 Å². The summed E-state index contributed by atoms with van der Waals surface area (Å²) in [5.74, 6) is 0.745. The Hall–Kier alpha value is -1.11. The molecule has 0 saturated heterocycles. The zero-order chi connectivity index (χ0) is 32.3. The van der Waals surface area contributed by atoms with E-state index in [0.29, 0.717) is 37.3 Å². The van der Waals surface area contributed by atoms with E-state index in [2.05, 4.69) is 52.5 Å². The van der Waals surface area contributed by atoms with Gasteiger partial charge in [-0.3, -0.25) is 0 Å².